The van der Waals surface area contributed by atoms with Crippen LogP contribution in [0.2, 0.25) is 0 Å². The standard InChI is InChI=1S/C16H15FN2O/c1-11-6-7-12-4-2-3-5-14(12)19(11)16(20)13-8-9-15(17)18-10-13/h2-5,8-11H,6-7H2,1H3. The average molecular weight is 270 g/mol. The second-order valence-electron chi connectivity index (χ2n) is 5.06. The number of rotatable bonds is 1. The predicted octanol–water partition coefficient (Wildman–Crippen LogP) is 3.20. The number of amides is 1. The van der Waals surface area contributed by atoms with Gasteiger partial charge in [0.25, 0.3) is 5.91 Å². The van der Waals surface area contributed by atoms with Gasteiger partial charge in [0.05, 0.1) is 5.56 Å². The zero-order valence-corrected chi connectivity index (χ0v) is 11.2. The number of carbonyl (C=O) groups excluding carboxylic acids is 1. The summed E-state index contributed by atoms with van der Waals surface area (Å²) in [6, 6.07) is 10.7. The van der Waals surface area contributed by atoms with Crippen LogP contribution in [0.1, 0.15) is 29.3 Å². The van der Waals surface area contributed by atoms with E-state index in [4.69, 9.17) is 0 Å². The number of para-hydroxylation sites is 1. The Morgan fingerprint density at radius 1 is 1.30 bits per heavy atom. The number of fused-ring (bicyclic) bond motifs is 1. The van der Waals surface area contributed by atoms with E-state index in [1.165, 1.54) is 23.9 Å². The molecular weight excluding hydrogens is 255 g/mol. The van der Waals surface area contributed by atoms with E-state index in [9.17, 15) is 9.18 Å². The number of aryl methyl sites for hydroxylation is 1. The molecule has 2 aromatic rings. The zero-order valence-electron chi connectivity index (χ0n) is 11.2. The monoisotopic (exact) mass is 270 g/mol. The first kappa shape index (κ1) is 12.8. The van der Waals surface area contributed by atoms with Gasteiger partial charge < -0.3 is 4.90 Å². The van der Waals surface area contributed by atoms with E-state index in [0.29, 0.717) is 5.56 Å². The molecule has 1 aliphatic rings. The SMILES string of the molecule is CC1CCc2ccccc2N1C(=O)c1ccc(F)nc1. The van der Waals surface area contributed by atoms with Crippen LogP contribution in [0.3, 0.4) is 0 Å². The fourth-order valence-electron chi connectivity index (χ4n) is 2.64. The van der Waals surface area contributed by atoms with Crippen LogP contribution in [0.25, 0.3) is 0 Å². The number of aromatic nitrogens is 1. The molecular formula is C16H15FN2O. The summed E-state index contributed by atoms with van der Waals surface area (Å²) < 4.78 is 12.9. The molecule has 0 N–H and O–H groups in total. The Hall–Kier alpha value is -2.23. The van der Waals surface area contributed by atoms with Crippen LogP contribution in [0, 0.1) is 5.95 Å². The highest BCUT2D eigenvalue weighted by Gasteiger charge is 2.28. The van der Waals surface area contributed by atoms with Gasteiger partial charge in [-0.05, 0) is 43.5 Å². The molecule has 20 heavy (non-hydrogen) atoms. The van der Waals surface area contributed by atoms with E-state index < -0.39 is 5.95 Å². The van der Waals surface area contributed by atoms with Gasteiger partial charge in [-0.15, -0.1) is 0 Å². The molecule has 0 fully saturated rings. The number of nitrogens with zero attached hydrogens (tertiary/aromatic N) is 2. The number of halogens is 1. The molecule has 0 saturated heterocycles. The lowest BCUT2D eigenvalue weighted by molar-refractivity contribution is 0.0975. The van der Waals surface area contributed by atoms with E-state index in [1.807, 2.05) is 31.2 Å². The summed E-state index contributed by atoms with van der Waals surface area (Å²) in [6.45, 7) is 2.03. The highest BCUT2D eigenvalue weighted by Crippen LogP contribution is 2.31. The number of pyridine rings is 1. The lowest BCUT2D eigenvalue weighted by Crippen LogP contribution is -2.42. The van der Waals surface area contributed by atoms with Crippen LogP contribution in [-0.4, -0.2) is 16.9 Å². The molecule has 1 aromatic heterocycles. The van der Waals surface area contributed by atoms with Gasteiger partial charge in [-0.3, -0.25) is 4.79 Å². The summed E-state index contributed by atoms with van der Waals surface area (Å²) in [4.78, 5) is 18.0. The Balaban J connectivity index is 2.00. The second-order valence-corrected chi connectivity index (χ2v) is 5.06. The van der Waals surface area contributed by atoms with Gasteiger partial charge in [0.2, 0.25) is 5.95 Å². The Kier molecular flexibility index (Phi) is 3.22. The summed E-state index contributed by atoms with van der Waals surface area (Å²) in [5.74, 6) is -0.703. The maximum atomic E-state index is 12.9. The number of hydrogen-bond acceptors (Lipinski definition) is 2. The van der Waals surface area contributed by atoms with Crippen LogP contribution < -0.4 is 4.90 Å². The van der Waals surface area contributed by atoms with Gasteiger partial charge in [0.15, 0.2) is 0 Å². The van der Waals surface area contributed by atoms with Gasteiger partial charge in [-0.1, -0.05) is 18.2 Å². The molecule has 1 aromatic carbocycles. The first-order valence-electron chi connectivity index (χ1n) is 6.70. The topological polar surface area (TPSA) is 33.2 Å². The van der Waals surface area contributed by atoms with Gasteiger partial charge in [0.1, 0.15) is 0 Å². The first-order chi connectivity index (χ1) is 9.66. The van der Waals surface area contributed by atoms with Crippen molar-refractivity contribution in [2.75, 3.05) is 4.90 Å². The maximum absolute atomic E-state index is 12.9. The molecule has 0 radical (unpaired) electrons. The van der Waals surface area contributed by atoms with Crippen LogP contribution in [0.15, 0.2) is 42.6 Å². The zero-order chi connectivity index (χ0) is 14.1. The lowest BCUT2D eigenvalue weighted by Gasteiger charge is -2.35. The van der Waals surface area contributed by atoms with Crippen LogP contribution in [0.4, 0.5) is 10.1 Å². The van der Waals surface area contributed by atoms with Gasteiger partial charge in [0, 0.05) is 17.9 Å². The first-order valence-corrected chi connectivity index (χ1v) is 6.70. The van der Waals surface area contributed by atoms with Crippen molar-refractivity contribution >= 4 is 11.6 Å². The fraction of sp³-hybridized carbons (Fsp3) is 0.250. The normalized spacial score (nSPS) is 17.7. The fourth-order valence-corrected chi connectivity index (χ4v) is 2.64. The van der Waals surface area contributed by atoms with Crippen molar-refractivity contribution < 1.29 is 9.18 Å². The predicted molar refractivity (Wildman–Crippen MR) is 75.2 cm³/mol. The third kappa shape index (κ3) is 2.18. The Morgan fingerprint density at radius 2 is 2.10 bits per heavy atom. The summed E-state index contributed by atoms with van der Waals surface area (Å²) in [5.41, 5.74) is 2.53. The van der Waals surface area contributed by atoms with Crippen molar-refractivity contribution in [3.8, 4) is 0 Å². The molecule has 1 atom stereocenters. The molecule has 2 heterocycles. The van der Waals surface area contributed by atoms with Crippen molar-refractivity contribution in [1.29, 1.82) is 0 Å². The molecule has 102 valence electrons. The quantitative estimate of drug-likeness (QED) is 0.745. The molecule has 1 aliphatic heterocycles. The minimum atomic E-state index is -0.575. The van der Waals surface area contributed by atoms with Crippen LogP contribution in [0.5, 0.6) is 0 Å². The smallest absolute Gasteiger partial charge is 0.260 e. The van der Waals surface area contributed by atoms with Crippen LogP contribution >= 0.6 is 0 Å². The highest BCUT2D eigenvalue weighted by molar-refractivity contribution is 6.06. The van der Waals surface area contributed by atoms with E-state index in [-0.39, 0.29) is 11.9 Å². The van der Waals surface area contributed by atoms with Crippen molar-refractivity contribution in [3.63, 3.8) is 0 Å². The molecule has 3 rings (SSSR count). The summed E-state index contributed by atoms with van der Waals surface area (Å²) in [5, 5.41) is 0. The molecule has 0 bridgehead atoms. The lowest BCUT2D eigenvalue weighted by atomic mass is 9.96. The summed E-state index contributed by atoms with van der Waals surface area (Å²) in [6.07, 6.45) is 3.20. The average Bonchev–Trinajstić information content (AvgIpc) is 2.47. The number of carbonyl (C=O) groups is 1. The molecule has 0 saturated carbocycles. The third-order valence-corrected chi connectivity index (χ3v) is 3.72. The van der Waals surface area contributed by atoms with Gasteiger partial charge in [-0.25, -0.2) is 4.98 Å². The molecule has 4 heteroatoms. The summed E-state index contributed by atoms with van der Waals surface area (Å²) >= 11 is 0. The highest BCUT2D eigenvalue weighted by atomic mass is 19.1. The van der Waals surface area contributed by atoms with E-state index in [0.717, 1.165) is 18.5 Å². The van der Waals surface area contributed by atoms with Crippen molar-refractivity contribution in [2.45, 2.75) is 25.8 Å². The Labute approximate surface area is 117 Å². The Bertz CT molecular complexity index is 639. The third-order valence-electron chi connectivity index (χ3n) is 3.72. The minimum absolute atomic E-state index is 0.127. The summed E-state index contributed by atoms with van der Waals surface area (Å²) in [7, 11) is 0. The number of benzene rings is 1. The molecule has 0 spiro atoms. The Morgan fingerprint density at radius 3 is 2.85 bits per heavy atom. The van der Waals surface area contributed by atoms with Crippen LogP contribution in [-0.2, 0) is 6.42 Å². The van der Waals surface area contributed by atoms with Crippen molar-refractivity contribution in [1.82, 2.24) is 4.98 Å². The van der Waals surface area contributed by atoms with E-state index >= 15 is 0 Å². The van der Waals surface area contributed by atoms with Crippen molar-refractivity contribution in [3.05, 3.63) is 59.7 Å². The van der Waals surface area contributed by atoms with E-state index in [1.54, 1.807) is 4.90 Å². The van der Waals surface area contributed by atoms with Crippen molar-refractivity contribution in [2.24, 2.45) is 0 Å². The molecule has 3 nitrogen and oxygen atoms in total. The van der Waals surface area contributed by atoms with Gasteiger partial charge >= 0.3 is 0 Å². The maximum Gasteiger partial charge on any atom is 0.260 e. The molecule has 1 unspecified atom stereocenters. The molecule has 0 aliphatic carbocycles. The number of hydrogen-bond donors (Lipinski definition) is 0. The molecule has 1 amide bonds. The largest absolute Gasteiger partial charge is 0.305 e. The van der Waals surface area contributed by atoms with Gasteiger partial charge in [-0.2, -0.15) is 4.39 Å². The number of anilines is 1. The second kappa shape index (κ2) is 5.04. The minimum Gasteiger partial charge on any atom is -0.305 e. The van der Waals surface area contributed by atoms with E-state index in [2.05, 4.69) is 4.98 Å².